The maximum Gasteiger partial charge on any atom is 0.246 e. The van der Waals surface area contributed by atoms with Crippen LogP contribution in [-0.2, 0) is 4.79 Å². The average Bonchev–Trinajstić information content (AvgIpc) is 3.31. The number of fused-ring (bicyclic) bond motifs is 6. The number of rotatable bonds is 1. The zero-order valence-corrected chi connectivity index (χ0v) is 18.3. The zero-order chi connectivity index (χ0) is 20.7. The van der Waals surface area contributed by atoms with E-state index in [1.807, 2.05) is 36.5 Å². The molecule has 0 bridgehead atoms. The maximum atomic E-state index is 12.3. The van der Waals surface area contributed by atoms with Crippen LogP contribution in [0.3, 0.4) is 0 Å². The number of H-pyrrole nitrogens is 1. The van der Waals surface area contributed by atoms with Crippen molar-refractivity contribution in [1.82, 2.24) is 19.9 Å². The molecule has 2 aromatic rings. The van der Waals surface area contributed by atoms with Gasteiger partial charge in [-0.3, -0.25) is 9.78 Å². The summed E-state index contributed by atoms with van der Waals surface area (Å²) in [4.78, 5) is 27.1. The summed E-state index contributed by atoms with van der Waals surface area (Å²) in [5, 5.41) is 0. The van der Waals surface area contributed by atoms with Gasteiger partial charge in [0.25, 0.3) is 0 Å². The Morgan fingerprint density at radius 2 is 2.00 bits per heavy atom. The summed E-state index contributed by atoms with van der Waals surface area (Å²) in [7, 11) is 2.00. The molecule has 2 aromatic heterocycles. The highest BCUT2D eigenvalue weighted by molar-refractivity contribution is 5.89. The summed E-state index contributed by atoms with van der Waals surface area (Å²) >= 11 is 0. The minimum atomic E-state index is 0.121. The molecule has 3 heterocycles. The van der Waals surface area contributed by atoms with E-state index in [1.54, 1.807) is 0 Å². The lowest BCUT2D eigenvalue weighted by Crippen LogP contribution is -2.59. The van der Waals surface area contributed by atoms with Crippen molar-refractivity contribution in [2.75, 3.05) is 7.05 Å². The van der Waals surface area contributed by atoms with Gasteiger partial charge < -0.3 is 9.88 Å². The Bertz CT molecular complexity index is 1010. The molecule has 3 fully saturated rings. The Morgan fingerprint density at radius 1 is 1.13 bits per heavy atom. The topological polar surface area (TPSA) is 61.9 Å². The molecule has 0 saturated heterocycles. The number of aromatic amines is 1. The van der Waals surface area contributed by atoms with E-state index in [0.29, 0.717) is 23.3 Å². The summed E-state index contributed by atoms with van der Waals surface area (Å²) in [5.74, 6) is 4.04. The first-order valence-electron chi connectivity index (χ1n) is 11.7. The molecule has 5 heteroatoms. The lowest BCUT2D eigenvalue weighted by atomic mass is 9.47. The summed E-state index contributed by atoms with van der Waals surface area (Å²) in [5.41, 5.74) is 2.53. The van der Waals surface area contributed by atoms with E-state index >= 15 is 0 Å². The lowest BCUT2D eigenvalue weighted by molar-refractivity contribution is -0.138. The number of hydrogen-bond acceptors (Lipinski definition) is 3. The fourth-order valence-corrected chi connectivity index (χ4v) is 8.23. The van der Waals surface area contributed by atoms with Crippen LogP contribution < -0.4 is 0 Å². The van der Waals surface area contributed by atoms with Crippen LogP contribution in [0.25, 0.3) is 11.0 Å². The lowest BCUT2D eigenvalue weighted by Gasteiger charge is -2.60. The minimum absolute atomic E-state index is 0.121. The van der Waals surface area contributed by atoms with Crippen LogP contribution in [0, 0.1) is 28.6 Å². The van der Waals surface area contributed by atoms with Crippen molar-refractivity contribution in [3.05, 3.63) is 36.4 Å². The zero-order valence-electron chi connectivity index (χ0n) is 18.3. The standard InChI is InChI=1S/C25H32N4O/c1-24-11-8-17-15(4-7-21-25(17,2)12-9-22(30)29(21)3)16(24)5-6-18(24)23-27-19-10-13-26-14-20(19)28-23/h9-10,12-18,21H,4-8,11H2,1-3H3,(H,27,28)/t15-,16-,17+,18?,21?,24-,25+/m0/s1. The van der Waals surface area contributed by atoms with Crippen LogP contribution in [0.4, 0.5) is 0 Å². The van der Waals surface area contributed by atoms with Crippen LogP contribution in [0.1, 0.15) is 64.1 Å². The van der Waals surface area contributed by atoms with Gasteiger partial charge in [-0.2, -0.15) is 0 Å². The number of carbonyl (C=O) groups excluding carboxylic acids is 1. The van der Waals surface area contributed by atoms with Crippen LogP contribution >= 0.6 is 0 Å². The van der Waals surface area contributed by atoms with Crippen molar-refractivity contribution in [3.63, 3.8) is 0 Å². The summed E-state index contributed by atoms with van der Waals surface area (Å²) in [6.45, 7) is 4.97. The molecule has 1 aliphatic heterocycles. The van der Waals surface area contributed by atoms with E-state index < -0.39 is 0 Å². The van der Waals surface area contributed by atoms with Crippen LogP contribution in [0.5, 0.6) is 0 Å². The predicted molar refractivity (Wildman–Crippen MR) is 117 cm³/mol. The van der Waals surface area contributed by atoms with Crippen LogP contribution in [0.2, 0.25) is 0 Å². The Morgan fingerprint density at radius 3 is 2.83 bits per heavy atom. The van der Waals surface area contributed by atoms with Crippen molar-refractivity contribution >= 4 is 16.9 Å². The molecule has 7 atom stereocenters. The molecule has 2 unspecified atom stereocenters. The summed E-state index contributed by atoms with van der Waals surface area (Å²) < 4.78 is 0. The smallest absolute Gasteiger partial charge is 0.246 e. The highest BCUT2D eigenvalue weighted by Gasteiger charge is 2.60. The number of hydrogen-bond donors (Lipinski definition) is 1. The minimum Gasteiger partial charge on any atom is -0.342 e. The first-order valence-corrected chi connectivity index (χ1v) is 11.7. The highest BCUT2D eigenvalue weighted by Crippen LogP contribution is 2.67. The van der Waals surface area contributed by atoms with Gasteiger partial charge in [0.2, 0.25) is 5.91 Å². The van der Waals surface area contributed by atoms with E-state index in [9.17, 15) is 4.79 Å². The van der Waals surface area contributed by atoms with E-state index in [4.69, 9.17) is 4.98 Å². The molecule has 0 aromatic carbocycles. The van der Waals surface area contributed by atoms with E-state index in [1.165, 1.54) is 37.9 Å². The SMILES string of the molecule is CN1C(=O)C=C[C@@]2(C)C1CC[C@@H]1[C@H]2CC[C@]2(C)C(c3nc4cnccc4[nH]3)CC[C@@H]12. The molecule has 0 spiro atoms. The molecule has 5 nitrogen and oxygen atoms in total. The fourth-order valence-electron chi connectivity index (χ4n) is 8.23. The highest BCUT2D eigenvalue weighted by atomic mass is 16.2. The number of carbonyl (C=O) groups is 1. The number of likely N-dealkylation sites (N-methyl/N-ethyl adjacent to an activating group) is 1. The molecular weight excluding hydrogens is 372 g/mol. The third-order valence-corrected chi connectivity index (χ3v) is 9.76. The third-order valence-electron chi connectivity index (χ3n) is 9.76. The Labute approximate surface area is 178 Å². The molecule has 4 aliphatic rings. The van der Waals surface area contributed by atoms with Crippen molar-refractivity contribution in [1.29, 1.82) is 0 Å². The number of nitrogens with one attached hydrogen (secondary N) is 1. The fraction of sp³-hybridized carbons (Fsp3) is 0.640. The first-order chi connectivity index (χ1) is 14.4. The van der Waals surface area contributed by atoms with E-state index in [2.05, 4.69) is 29.9 Å². The molecule has 3 saturated carbocycles. The quantitative estimate of drug-likeness (QED) is 0.751. The van der Waals surface area contributed by atoms with Crippen molar-refractivity contribution in [2.45, 2.75) is 64.3 Å². The molecule has 3 aliphatic carbocycles. The Hall–Kier alpha value is -2.17. The average molecular weight is 405 g/mol. The van der Waals surface area contributed by atoms with Gasteiger partial charge >= 0.3 is 0 Å². The Kier molecular flexibility index (Phi) is 3.83. The van der Waals surface area contributed by atoms with Gasteiger partial charge in [0.05, 0.1) is 11.7 Å². The normalized spacial score (nSPS) is 42.8. The molecular formula is C25H32N4O. The summed E-state index contributed by atoms with van der Waals surface area (Å²) in [6, 6.07) is 2.40. The second-order valence-corrected chi connectivity index (χ2v) is 10.8. The molecule has 6 rings (SSSR count). The van der Waals surface area contributed by atoms with E-state index in [0.717, 1.165) is 29.3 Å². The van der Waals surface area contributed by atoms with Gasteiger partial charge in [-0.25, -0.2) is 4.98 Å². The van der Waals surface area contributed by atoms with Crippen molar-refractivity contribution < 1.29 is 4.79 Å². The number of nitrogens with zero attached hydrogens (tertiary/aromatic N) is 3. The van der Waals surface area contributed by atoms with Crippen molar-refractivity contribution in [3.8, 4) is 0 Å². The number of amides is 1. The largest absolute Gasteiger partial charge is 0.342 e. The molecule has 0 radical (unpaired) electrons. The van der Waals surface area contributed by atoms with Crippen LogP contribution in [0.15, 0.2) is 30.6 Å². The van der Waals surface area contributed by atoms with Gasteiger partial charge in [0.15, 0.2) is 0 Å². The van der Waals surface area contributed by atoms with Crippen LogP contribution in [-0.4, -0.2) is 38.8 Å². The molecule has 1 N–H and O–H groups in total. The third kappa shape index (κ3) is 2.32. The first kappa shape index (κ1) is 18.6. The van der Waals surface area contributed by atoms with Crippen molar-refractivity contribution in [2.24, 2.45) is 28.6 Å². The molecule has 1 amide bonds. The molecule has 158 valence electrons. The van der Waals surface area contributed by atoms with Gasteiger partial charge in [0.1, 0.15) is 11.3 Å². The Balaban J connectivity index is 1.34. The number of aromatic nitrogens is 3. The molecule has 30 heavy (non-hydrogen) atoms. The van der Waals surface area contributed by atoms with Gasteiger partial charge in [-0.15, -0.1) is 0 Å². The summed E-state index contributed by atoms with van der Waals surface area (Å²) in [6.07, 6.45) is 15.3. The van der Waals surface area contributed by atoms with Gasteiger partial charge in [-0.05, 0) is 73.8 Å². The second-order valence-electron chi connectivity index (χ2n) is 10.8. The van der Waals surface area contributed by atoms with Gasteiger partial charge in [0, 0.05) is 30.6 Å². The second kappa shape index (κ2) is 6.18. The number of imidazole rings is 1. The monoisotopic (exact) mass is 404 g/mol. The van der Waals surface area contributed by atoms with Gasteiger partial charge in [-0.1, -0.05) is 19.9 Å². The van der Waals surface area contributed by atoms with E-state index in [-0.39, 0.29) is 11.3 Å². The maximum absolute atomic E-state index is 12.3. The number of pyridine rings is 1. The predicted octanol–water partition coefficient (Wildman–Crippen LogP) is 4.68.